The minimum absolute atomic E-state index is 0.525. The highest BCUT2D eigenvalue weighted by molar-refractivity contribution is 9.09. The molecule has 0 aliphatic carbocycles. The van der Waals surface area contributed by atoms with Crippen molar-refractivity contribution >= 4 is 47.8 Å². The van der Waals surface area contributed by atoms with Crippen LogP contribution in [0.3, 0.4) is 0 Å². The lowest BCUT2D eigenvalue weighted by molar-refractivity contribution is 0.391. The first kappa shape index (κ1) is 11.5. The molecular weight excluding hydrogens is 364 g/mol. The summed E-state index contributed by atoms with van der Waals surface area (Å²) in [5.74, 6) is 0.966. The number of halogens is 3. The van der Waals surface area contributed by atoms with Crippen LogP contribution in [0.5, 0.6) is 5.75 Å². The Balaban J connectivity index is 3.05. The van der Waals surface area contributed by atoms with Crippen LogP contribution < -0.4 is 4.74 Å². The molecule has 0 spiro atoms. The summed E-state index contributed by atoms with van der Waals surface area (Å²) in [4.78, 5) is 0. The van der Waals surface area contributed by atoms with Crippen molar-refractivity contribution in [2.24, 2.45) is 0 Å². The van der Waals surface area contributed by atoms with E-state index in [0.717, 1.165) is 16.4 Å². The van der Waals surface area contributed by atoms with Gasteiger partial charge in [0.2, 0.25) is 0 Å². The maximum Gasteiger partial charge on any atom is 0.143 e. The highest BCUT2D eigenvalue weighted by Gasteiger charge is 2.06. The lowest BCUT2D eigenvalue weighted by atomic mass is 10.1. The van der Waals surface area contributed by atoms with Crippen molar-refractivity contribution in [1.82, 2.24) is 0 Å². The molecule has 0 saturated carbocycles. The zero-order valence-electron chi connectivity index (χ0n) is 6.90. The van der Waals surface area contributed by atoms with Crippen molar-refractivity contribution < 1.29 is 4.74 Å². The largest absolute Gasteiger partial charge is 0.482 e. The number of ether oxygens (including phenoxy) is 1. The molecule has 0 fully saturated rings. The Hall–Kier alpha value is 0.460. The number of hydrogen-bond acceptors (Lipinski definition) is 1. The second-order valence-corrected chi connectivity index (χ2v) is 4.01. The Morgan fingerprint density at radius 2 is 1.54 bits per heavy atom. The molecule has 0 radical (unpaired) electrons. The first-order valence-corrected chi connectivity index (χ1v) is 7.11. The van der Waals surface area contributed by atoms with Crippen molar-refractivity contribution in [3.05, 3.63) is 29.3 Å². The number of para-hydroxylation sites is 1. The van der Waals surface area contributed by atoms with Crippen LogP contribution >= 0.6 is 47.8 Å². The second kappa shape index (κ2) is 6.04. The predicted octanol–water partition coefficient (Wildman–Crippen LogP) is 4.21. The summed E-state index contributed by atoms with van der Waals surface area (Å²) in [6.07, 6.45) is 0. The third-order valence-electron chi connectivity index (χ3n) is 1.66. The number of alkyl halides is 3. The molecule has 1 rings (SSSR count). The van der Waals surface area contributed by atoms with Gasteiger partial charge in [-0.3, -0.25) is 0 Å². The maximum atomic E-state index is 5.51. The Morgan fingerprint density at radius 3 is 1.92 bits per heavy atom. The summed E-state index contributed by atoms with van der Waals surface area (Å²) in [6.45, 7) is 0. The van der Waals surface area contributed by atoms with E-state index in [1.54, 1.807) is 0 Å². The van der Waals surface area contributed by atoms with E-state index < -0.39 is 0 Å². The van der Waals surface area contributed by atoms with Crippen molar-refractivity contribution in [2.75, 3.05) is 5.52 Å². The SMILES string of the molecule is BrCOc1c(CBr)cccc1CBr. The minimum atomic E-state index is 0.525. The van der Waals surface area contributed by atoms with Gasteiger partial charge in [0.05, 0.1) is 0 Å². The number of hydrogen-bond donors (Lipinski definition) is 0. The van der Waals surface area contributed by atoms with Crippen LogP contribution in [-0.4, -0.2) is 5.52 Å². The van der Waals surface area contributed by atoms with Crippen molar-refractivity contribution in [3.63, 3.8) is 0 Å². The molecule has 0 heterocycles. The molecule has 0 N–H and O–H groups in total. The summed E-state index contributed by atoms with van der Waals surface area (Å²) >= 11 is 10.1. The normalized spacial score (nSPS) is 10.1. The van der Waals surface area contributed by atoms with E-state index in [2.05, 4.69) is 59.9 Å². The van der Waals surface area contributed by atoms with E-state index in [1.807, 2.05) is 6.07 Å². The molecule has 72 valence electrons. The molecule has 0 aliphatic rings. The van der Waals surface area contributed by atoms with Crippen LogP contribution in [0, 0.1) is 0 Å². The zero-order chi connectivity index (χ0) is 9.68. The lowest BCUT2D eigenvalue weighted by Gasteiger charge is -2.11. The van der Waals surface area contributed by atoms with Crippen LogP contribution in [0.25, 0.3) is 0 Å². The Morgan fingerprint density at radius 1 is 1.00 bits per heavy atom. The quantitative estimate of drug-likeness (QED) is 0.719. The monoisotopic (exact) mass is 370 g/mol. The van der Waals surface area contributed by atoms with Gasteiger partial charge in [0, 0.05) is 21.8 Å². The van der Waals surface area contributed by atoms with E-state index in [9.17, 15) is 0 Å². The topological polar surface area (TPSA) is 9.23 Å². The Kier molecular flexibility index (Phi) is 5.36. The van der Waals surface area contributed by atoms with Gasteiger partial charge in [-0.2, -0.15) is 0 Å². The summed E-state index contributed by atoms with van der Waals surface area (Å²) in [6, 6.07) is 6.14. The fourth-order valence-corrected chi connectivity index (χ4v) is 2.20. The van der Waals surface area contributed by atoms with Crippen LogP contribution in [0.2, 0.25) is 0 Å². The van der Waals surface area contributed by atoms with Crippen molar-refractivity contribution in [3.8, 4) is 5.75 Å². The first-order valence-electron chi connectivity index (χ1n) is 3.75. The van der Waals surface area contributed by atoms with E-state index in [0.29, 0.717) is 5.52 Å². The molecule has 0 unspecified atom stereocenters. The molecule has 0 amide bonds. The third-order valence-corrected chi connectivity index (χ3v) is 3.10. The minimum Gasteiger partial charge on any atom is -0.482 e. The van der Waals surface area contributed by atoms with Crippen LogP contribution in [-0.2, 0) is 10.7 Å². The van der Waals surface area contributed by atoms with Crippen LogP contribution in [0.1, 0.15) is 11.1 Å². The molecule has 1 aromatic rings. The smallest absolute Gasteiger partial charge is 0.143 e. The average molecular weight is 373 g/mol. The molecule has 4 heteroatoms. The second-order valence-electron chi connectivity index (χ2n) is 2.43. The number of benzene rings is 1. The van der Waals surface area contributed by atoms with Gasteiger partial charge >= 0.3 is 0 Å². The molecule has 0 aliphatic heterocycles. The summed E-state index contributed by atoms with van der Waals surface area (Å²) in [7, 11) is 0. The molecule has 0 saturated heterocycles. The standard InChI is InChI=1S/C9H9Br3O/c10-4-7-2-1-3-8(5-11)9(7)13-6-12/h1-3H,4-6H2. The van der Waals surface area contributed by atoms with Crippen molar-refractivity contribution in [1.29, 1.82) is 0 Å². The molecule has 0 aromatic heterocycles. The highest BCUT2D eigenvalue weighted by Crippen LogP contribution is 2.28. The summed E-state index contributed by atoms with van der Waals surface area (Å²) in [5.41, 5.74) is 2.88. The van der Waals surface area contributed by atoms with Gasteiger partial charge in [0.1, 0.15) is 11.3 Å². The molecule has 1 nitrogen and oxygen atoms in total. The fraction of sp³-hybridized carbons (Fsp3) is 0.333. The third kappa shape index (κ3) is 2.96. The van der Waals surface area contributed by atoms with Crippen LogP contribution in [0.4, 0.5) is 0 Å². The highest BCUT2D eigenvalue weighted by atomic mass is 79.9. The molecule has 0 bridgehead atoms. The first-order chi connectivity index (χ1) is 6.33. The van der Waals surface area contributed by atoms with Gasteiger partial charge in [-0.25, -0.2) is 0 Å². The van der Waals surface area contributed by atoms with E-state index in [4.69, 9.17) is 4.74 Å². The predicted molar refractivity (Wildman–Crippen MR) is 66.1 cm³/mol. The molecule has 0 atom stereocenters. The van der Waals surface area contributed by atoms with Gasteiger partial charge in [-0.05, 0) is 15.9 Å². The van der Waals surface area contributed by atoms with Gasteiger partial charge in [0.15, 0.2) is 0 Å². The molecule has 13 heavy (non-hydrogen) atoms. The lowest BCUT2D eigenvalue weighted by Crippen LogP contribution is -1.96. The maximum absolute atomic E-state index is 5.51. The van der Waals surface area contributed by atoms with E-state index in [1.165, 1.54) is 11.1 Å². The Labute approximate surface area is 103 Å². The van der Waals surface area contributed by atoms with Gasteiger partial charge < -0.3 is 4.74 Å². The van der Waals surface area contributed by atoms with Gasteiger partial charge in [-0.1, -0.05) is 50.1 Å². The van der Waals surface area contributed by atoms with Crippen molar-refractivity contribution in [2.45, 2.75) is 10.7 Å². The summed E-state index contributed by atoms with van der Waals surface area (Å²) in [5, 5.41) is 1.63. The molecule has 1 aromatic carbocycles. The van der Waals surface area contributed by atoms with Crippen LogP contribution in [0.15, 0.2) is 18.2 Å². The zero-order valence-corrected chi connectivity index (χ0v) is 11.7. The fourth-order valence-electron chi connectivity index (χ4n) is 1.09. The van der Waals surface area contributed by atoms with Gasteiger partial charge in [-0.15, -0.1) is 0 Å². The number of rotatable bonds is 4. The Bertz CT molecular complexity index is 253. The van der Waals surface area contributed by atoms with E-state index >= 15 is 0 Å². The van der Waals surface area contributed by atoms with E-state index in [-0.39, 0.29) is 0 Å². The average Bonchev–Trinajstić information content (AvgIpc) is 2.18. The van der Waals surface area contributed by atoms with Gasteiger partial charge in [0.25, 0.3) is 0 Å². The molecular formula is C9H9Br3O. The summed E-state index contributed by atoms with van der Waals surface area (Å²) < 4.78 is 5.51.